The van der Waals surface area contributed by atoms with Crippen LogP contribution in [0.15, 0.2) is 29.2 Å². The number of hydrogen-bond donors (Lipinski definition) is 2. The first kappa shape index (κ1) is 28.5. The minimum Gasteiger partial charge on any atom is -0.424 e. The largest absolute Gasteiger partial charge is 0.424 e. The summed E-state index contributed by atoms with van der Waals surface area (Å²) in [6.45, 7) is 2.20. The number of carbonyl (C=O) groups is 1. The van der Waals surface area contributed by atoms with Crippen molar-refractivity contribution in [3.63, 3.8) is 0 Å². The van der Waals surface area contributed by atoms with Gasteiger partial charge in [0, 0.05) is 0 Å². The van der Waals surface area contributed by atoms with Crippen molar-refractivity contribution in [3.05, 3.63) is 24.3 Å². The fourth-order valence-electron chi connectivity index (χ4n) is 3.48. The van der Waals surface area contributed by atoms with Gasteiger partial charge in [0.25, 0.3) is 20.2 Å². The first-order chi connectivity index (χ1) is 15.1. The van der Waals surface area contributed by atoms with Crippen LogP contribution in [0.4, 0.5) is 0 Å². The monoisotopic (exact) mass is 492 g/mol. The zero-order valence-electron chi connectivity index (χ0n) is 18.7. The number of benzene rings is 1. The molecule has 0 fully saturated rings. The second kappa shape index (κ2) is 14.6. The van der Waals surface area contributed by atoms with Crippen molar-refractivity contribution in [2.75, 3.05) is 0 Å². The number of unbranched alkanes of at least 4 members (excludes halogenated alkanes) is 11. The van der Waals surface area contributed by atoms with Crippen molar-refractivity contribution < 1.29 is 35.5 Å². The Bertz CT molecular complexity index is 894. The third-order valence-corrected chi connectivity index (χ3v) is 7.32. The molecule has 1 unspecified atom stereocenters. The van der Waals surface area contributed by atoms with E-state index in [9.17, 15) is 30.7 Å². The number of esters is 1. The third-order valence-electron chi connectivity index (χ3n) is 5.28. The highest BCUT2D eigenvalue weighted by Crippen LogP contribution is 2.25. The van der Waals surface area contributed by atoms with Crippen LogP contribution in [-0.4, -0.2) is 37.2 Å². The van der Waals surface area contributed by atoms with Gasteiger partial charge in [-0.2, -0.15) is 16.8 Å². The molecule has 10 heteroatoms. The molecule has 0 radical (unpaired) electrons. The van der Waals surface area contributed by atoms with Gasteiger partial charge in [0.1, 0.15) is 4.90 Å². The van der Waals surface area contributed by atoms with Crippen LogP contribution in [0.1, 0.15) is 90.4 Å². The molecule has 1 rings (SSSR count). The molecule has 2 N–H and O–H groups in total. The Balaban J connectivity index is 2.43. The van der Waals surface area contributed by atoms with Gasteiger partial charge in [-0.25, -0.2) is 0 Å². The summed E-state index contributed by atoms with van der Waals surface area (Å²) >= 11 is 0. The van der Waals surface area contributed by atoms with Crippen molar-refractivity contribution in [1.29, 1.82) is 0 Å². The Labute approximate surface area is 192 Å². The van der Waals surface area contributed by atoms with E-state index in [1.807, 2.05) is 0 Å². The highest BCUT2D eigenvalue weighted by atomic mass is 32.2. The molecule has 1 aromatic carbocycles. The molecule has 0 aliphatic carbocycles. The Morgan fingerprint density at radius 1 is 0.812 bits per heavy atom. The van der Waals surface area contributed by atoms with Crippen LogP contribution in [0.2, 0.25) is 0 Å². The number of carbonyl (C=O) groups excluding carboxylic acids is 1. The van der Waals surface area contributed by atoms with Gasteiger partial charge in [-0.1, -0.05) is 96.1 Å². The molecule has 0 heterocycles. The van der Waals surface area contributed by atoms with Crippen molar-refractivity contribution in [2.45, 2.75) is 101 Å². The molecule has 0 amide bonds. The molecule has 0 bridgehead atoms. The number of rotatable bonds is 17. The van der Waals surface area contributed by atoms with Crippen LogP contribution in [0.5, 0.6) is 5.75 Å². The van der Waals surface area contributed by atoms with Crippen molar-refractivity contribution >= 4 is 26.2 Å². The topological polar surface area (TPSA) is 135 Å². The molecule has 184 valence electrons. The summed E-state index contributed by atoms with van der Waals surface area (Å²) in [5.41, 5.74) is 0. The summed E-state index contributed by atoms with van der Waals surface area (Å²) in [7, 11) is -9.40. The van der Waals surface area contributed by atoms with E-state index in [4.69, 9.17) is 4.74 Å². The summed E-state index contributed by atoms with van der Waals surface area (Å²) < 4.78 is 69.7. The van der Waals surface area contributed by atoms with Gasteiger partial charge in [0.05, 0.1) is 0 Å². The lowest BCUT2D eigenvalue weighted by Gasteiger charge is -2.14. The van der Waals surface area contributed by atoms with Crippen molar-refractivity contribution in [2.24, 2.45) is 0 Å². The normalized spacial score (nSPS) is 13.1. The maximum Gasteiger partial charge on any atom is 0.332 e. The van der Waals surface area contributed by atoms with Crippen LogP contribution in [-0.2, 0) is 25.0 Å². The fraction of sp³-hybridized carbons (Fsp3) is 0.682. The fourth-order valence-corrected chi connectivity index (χ4v) is 4.85. The van der Waals surface area contributed by atoms with E-state index in [-0.39, 0.29) is 6.42 Å². The Kier molecular flexibility index (Phi) is 13.0. The summed E-state index contributed by atoms with van der Waals surface area (Å²) in [5, 5.41) is -1.82. The van der Waals surface area contributed by atoms with E-state index in [2.05, 4.69) is 6.92 Å². The van der Waals surface area contributed by atoms with Crippen LogP contribution >= 0.6 is 0 Å². The molecule has 32 heavy (non-hydrogen) atoms. The van der Waals surface area contributed by atoms with Gasteiger partial charge in [0.2, 0.25) is 0 Å². The van der Waals surface area contributed by atoms with Gasteiger partial charge < -0.3 is 4.74 Å². The van der Waals surface area contributed by atoms with E-state index >= 15 is 0 Å². The average molecular weight is 493 g/mol. The first-order valence-corrected chi connectivity index (χ1v) is 14.3. The van der Waals surface area contributed by atoms with Crippen LogP contribution in [0.25, 0.3) is 0 Å². The summed E-state index contributed by atoms with van der Waals surface area (Å²) in [5.74, 6) is -1.78. The molecule has 0 aliphatic heterocycles. The molecule has 0 saturated heterocycles. The molecular weight excluding hydrogens is 456 g/mol. The maximum absolute atomic E-state index is 12.3. The highest BCUT2D eigenvalue weighted by Gasteiger charge is 2.33. The van der Waals surface area contributed by atoms with Crippen molar-refractivity contribution in [1.82, 2.24) is 0 Å². The lowest BCUT2D eigenvalue weighted by Crippen LogP contribution is -2.33. The molecule has 8 nitrogen and oxygen atoms in total. The number of ether oxygens (including phenoxy) is 1. The molecule has 0 aromatic heterocycles. The van der Waals surface area contributed by atoms with E-state index in [1.54, 1.807) is 0 Å². The molecule has 1 atom stereocenters. The number of para-hydroxylation sites is 1. The van der Waals surface area contributed by atoms with Gasteiger partial charge in [-0.05, 0) is 18.6 Å². The molecule has 0 spiro atoms. The standard InChI is InChI=1S/C22H36O8S2/c1-2-3-4-5-6-7-8-9-10-11-12-13-18-21(32(27,28)29)22(23)30-19-16-14-15-17-20(19)31(24,25)26/h14-17,21H,2-13,18H2,1H3,(H,24,25,26)(H,27,28,29). The molecule has 1 aromatic rings. The first-order valence-electron chi connectivity index (χ1n) is 11.3. The predicted octanol–water partition coefficient (Wildman–Crippen LogP) is 5.19. The van der Waals surface area contributed by atoms with E-state index < -0.39 is 42.1 Å². The lowest BCUT2D eigenvalue weighted by atomic mass is 10.0. The number of hydrogen-bond acceptors (Lipinski definition) is 6. The van der Waals surface area contributed by atoms with Gasteiger partial charge in [-0.15, -0.1) is 0 Å². The quantitative estimate of drug-likeness (QED) is 0.131. The van der Waals surface area contributed by atoms with E-state index in [0.29, 0.717) is 12.8 Å². The average Bonchev–Trinajstić information content (AvgIpc) is 2.70. The second-order valence-corrected chi connectivity index (χ2v) is 11.0. The molecule has 0 aliphatic rings. The van der Waals surface area contributed by atoms with E-state index in [1.165, 1.54) is 57.1 Å². The SMILES string of the molecule is CCCCCCCCCCCCCCC(C(=O)Oc1ccccc1S(=O)(=O)O)S(=O)(=O)O. The summed E-state index contributed by atoms with van der Waals surface area (Å²) in [4.78, 5) is 11.7. The molecule has 0 saturated carbocycles. The second-order valence-electron chi connectivity index (χ2n) is 8.02. The highest BCUT2D eigenvalue weighted by molar-refractivity contribution is 7.87. The van der Waals surface area contributed by atoms with Gasteiger partial charge in [0.15, 0.2) is 11.0 Å². The molecular formula is C22H36O8S2. The minimum absolute atomic E-state index is 0.136. The smallest absolute Gasteiger partial charge is 0.332 e. The lowest BCUT2D eigenvalue weighted by molar-refractivity contribution is -0.134. The van der Waals surface area contributed by atoms with Crippen LogP contribution < -0.4 is 4.74 Å². The van der Waals surface area contributed by atoms with Crippen LogP contribution in [0.3, 0.4) is 0 Å². The summed E-state index contributed by atoms with van der Waals surface area (Å²) in [6.07, 6.45) is 12.8. The minimum atomic E-state index is -4.73. The zero-order valence-corrected chi connectivity index (χ0v) is 20.4. The van der Waals surface area contributed by atoms with Gasteiger partial charge in [-0.3, -0.25) is 13.9 Å². The Morgan fingerprint density at radius 3 is 1.75 bits per heavy atom. The van der Waals surface area contributed by atoms with E-state index in [0.717, 1.165) is 31.4 Å². The maximum atomic E-state index is 12.3. The summed E-state index contributed by atoms with van der Waals surface area (Å²) in [6, 6.07) is 4.82. The van der Waals surface area contributed by atoms with Crippen molar-refractivity contribution in [3.8, 4) is 5.75 Å². The Hall–Kier alpha value is -1.49. The Morgan fingerprint density at radius 2 is 1.28 bits per heavy atom. The zero-order chi connectivity index (χ0) is 24.0. The predicted molar refractivity (Wildman–Crippen MR) is 123 cm³/mol. The third kappa shape index (κ3) is 11.4. The van der Waals surface area contributed by atoms with Gasteiger partial charge >= 0.3 is 5.97 Å². The van der Waals surface area contributed by atoms with Crippen LogP contribution in [0, 0.1) is 0 Å².